The highest BCUT2D eigenvalue weighted by Crippen LogP contribution is 2.09. The number of hydrogen-bond acceptors (Lipinski definition) is 2. The lowest BCUT2D eigenvalue weighted by atomic mass is 10.1. The first-order valence-corrected chi connectivity index (χ1v) is 6.82. The first-order chi connectivity index (χ1) is 9.31. The number of unbranched alkanes of at least 4 members (excludes halogenated alkanes) is 1. The third-order valence-electron chi connectivity index (χ3n) is 2.91. The van der Waals surface area contributed by atoms with Crippen LogP contribution < -0.4 is 10.6 Å². The van der Waals surface area contributed by atoms with E-state index >= 15 is 0 Å². The number of methoxy groups -OCH3 is 1. The average Bonchev–Trinajstić information content (AvgIpc) is 2.44. The van der Waals surface area contributed by atoms with E-state index in [0.29, 0.717) is 6.61 Å². The van der Waals surface area contributed by atoms with Crippen molar-refractivity contribution in [3.63, 3.8) is 0 Å². The normalized spacial score (nSPS) is 10.8. The summed E-state index contributed by atoms with van der Waals surface area (Å²) in [4.78, 5) is 4.21. The molecule has 114 valence electrons. The van der Waals surface area contributed by atoms with Crippen molar-refractivity contribution in [1.82, 2.24) is 10.6 Å². The number of aliphatic imine (C=N–C) groups is 1. The molecule has 1 aromatic rings. The highest BCUT2D eigenvalue weighted by atomic mass is 127. The van der Waals surface area contributed by atoms with Gasteiger partial charge in [0, 0.05) is 27.2 Å². The maximum Gasteiger partial charge on any atom is 0.191 e. The van der Waals surface area contributed by atoms with E-state index in [4.69, 9.17) is 4.74 Å². The van der Waals surface area contributed by atoms with Gasteiger partial charge in [-0.1, -0.05) is 37.6 Å². The molecule has 0 aliphatic carbocycles. The molecule has 4 nitrogen and oxygen atoms in total. The Morgan fingerprint density at radius 2 is 1.90 bits per heavy atom. The molecule has 0 heterocycles. The van der Waals surface area contributed by atoms with Crippen molar-refractivity contribution in [3.05, 3.63) is 35.4 Å². The quantitative estimate of drug-likeness (QED) is 0.325. The van der Waals surface area contributed by atoms with Crippen LogP contribution in [-0.2, 0) is 17.9 Å². The Labute approximate surface area is 139 Å². The van der Waals surface area contributed by atoms with Crippen molar-refractivity contribution in [2.24, 2.45) is 4.99 Å². The molecule has 0 atom stereocenters. The molecule has 5 heteroatoms. The van der Waals surface area contributed by atoms with Crippen LogP contribution in [0, 0.1) is 0 Å². The summed E-state index contributed by atoms with van der Waals surface area (Å²) in [5.41, 5.74) is 2.45. The number of guanidine groups is 1. The molecule has 0 spiro atoms. The minimum Gasteiger partial charge on any atom is -0.380 e. The number of rotatable bonds is 7. The van der Waals surface area contributed by atoms with Gasteiger partial charge >= 0.3 is 0 Å². The second kappa shape index (κ2) is 12.0. The summed E-state index contributed by atoms with van der Waals surface area (Å²) in [6, 6.07) is 8.28. The van der Waals surface area contributed by atoms with E-state index in [2.05, 4.69) is 34.7 Å². The molecule has 2 N–H and O–H groups in total. The summed E-state index contributed by atoms with van der Waals surface area (Å²) in [6.07, 6.45) is 2.33. The highest BCUT2D eigenvalue weighted by Gasteiger charge is 2.02. The second-order valence-electron chi connectivity index (χ2n) is 4.41. The van der Waals surface area contributed by atoms with Gasteiger partial charge in [-0.2, -0.15) is 0 Å². The number of benzene rings is 1. The van der Waals surface area contributed by atoms with Gasteiger partial charge in [0.1, 0.15) is 0 Å². The molecule has 0 aliphatic rings. The standard InChI is InChI=1S/C15H25N3O.HI/c1-4-5-10-17-15(16-2)18-11-13-8-6-7-9-14(13)12-19-3;/h6-9H,4-5,10-12H2,1-3H3,(H2,16,17,18);1H. The van der Waals surface area contributed by atoms with Crippen LogP contribution in [0.25, 0.3) is 0 Å². The lowest BCUT2D eigenvalue weighted by Crippen LogP contribution is -2.37. The summed E-state index contributed by atoms with van der Waals surface area (Å²) in [7, 11) is 3.51. The molecule has 0 saturated heterocycles. The first-order valence-electron chi connectivity index (χ1n) is 6.82. The molecular formula is C15H26IN3O. The molecule has 0 radical (unpaired) electrons. The van der Waals surface area contributed by atoms with Gasteiger partial charge in [-0.3, -0.25) is 4.99 Å². The van der Waals surface area contributed by atoms with Crippen LogP contribution >= 0.6 is 24.0 Å². The number of nitrogens with one attached hydrogen (secondary N) is 2. The fourth-order valence-corrected chi connectivity index (χ4v) is 1.81. The van der Waals surface area contributed by atoms with Crippen LogP contribution in [0.1, 0.15) is 30.9 Å². The largest absolute Gasteiger partial charge is 0.380 e. The van der Waals surface area contributed by atoms with E-state index in [0.717, 1.165) is 25.5 Å². The van der Waals surface area contributed by atoms with Gasteiger partial charge in [0.05, 0.1) is 6.61 Å². The van der Waals surface area contributed by atoms with E-state index in [1.807, 2.05) is 12.1 Å². The fourth-order valence-electron chi connectivity index (χ4n) is 1.81. The Balaban J connectivity index is 0.00000361. The first kappa shape index (κ1) is 19.2. The molecule has 0 aliphatic heterocycles. The van der Waals surface area contributed by atoms with Crippen molar-refractivity contribution < 1.29 is 4.74 Å². The number of hydrogen-bond donors (Lipinski definition) is 2. The van der Waals surface area contributed by atoms with Crippen LogP contribution in [-0.4, -0.2) is 26.7 Å². The Morgan fingerprint density at radius 3 is 2.50 bits per heavy atom. The maximum absolute atomic E-state index is 5.21. The molecule has 1 aromatic carbocycles. The lowest BCUT2D eigenvalue weighted by molar-refractivity contribution is 0.184. The van der Waals surface area contributed by atoms with Crippen molar-refractivity contribution >= 4 is 29.9 Å². The molecule has 0 bridgehead atoms. The smallest absolute Gasteiger partial charge is 0.191 e. The van der Waals surface area contributed by atoms with Gasteiger partial charge in [0.25, 0.3) is 0 Å². The Morgan fingerprint density at radius 1 is 1.20 bits per heavy atom. The lowest BCUT2D eigenvalue weighted by Gasteiger charge is -2.13. The van der Waals surface area contributed by atoms with Crippen LogP contribution in [0.4, 0.5) is 0 Å². The SMILES string of the molecule is CCCCNC(=NC)NCc1ccccc1COC.I. The van der Waals surface area contributed by atoms with Crippen LogP contribution in [0.2, 0.25) is 0 Å². The Hall–Kier alpha value is -0.820. The summed E-state index contributed by atoms with van der Waals surface area (Å²) in [5.74, 6) is 0.848. The van der Waals surface area contributed by atoms with E-state index in [-0.39, 0.29) is 24.0 Å². The monoisotopic (exact) mass is 391 g/mol. The molecule has 1 rings (SSSR count). The van der Waals surface area contributed by atoms with Crippen LogP contribution in [0.3, 0.4) is 0 Å². The van der Waals surface area contributed by atoms with Gasteiger partial charge in [-0.25, -0.2) is 0 Å². The van der Waals surface area contributed by atoms with Crippen molar-refractivity contribution in [2.45, 2.75) is 32.9 Å². The predicted octanol–water partition coefficient (Wildman–Crippen LogP) is 2.92. The number of nitrogens with zero attached hydrogens (tertiary/aromatic N) is 1. The number of ether oxygens (including phenoxy) is 1. The number of halogens is 1. The van der Waals surface area contributed by atoms with Gasteiger partial charge in [0.2, 0.25) is 0 Å². The summed E-state index contributed by atoms with van der Waals surface area (Å²) in [6.45, 7) is 4.53. The summed E-state index contributed by atoms with van der Waals surface area (Å²) >= 11 is 0. The highest BCUT2D eigenvalue weighted by molar-refractivity contribution is 14.0. The van der Waals surface area contributed by atoms with E-state index in [1.165, 1.54) is 17.5 Å². The zero-order valence-corrected chi connectivity index (χ0v) is 14.9. The summed E-state index contributed by atoms with van der Waals surface area (Å²) < 4.78 is 5.21. The predicted molar refractivity (Wildman–Crippen MR) is 95.7 cm³/mol. The topological polar surface area (TPSA) is 45.7 Å². The fraction of sp³-hybridized carbons (Fsp3) is 0.533. The molecule has 0 unspecified atom stereocenters. The Kier molecular flexibility index (Phi) is 11.5. The minimum absolute atomic E-state index is 0. The zero-order chi connectivity index (χ0) is 13.9. The summed E-state index contributed by atoms with van der Waals surface area (Å²) in [5, 5.41) is 6.63. The van der Waals surface area contributed by atoms with Gasteiger partial charge in [0.15, 0.2) is 5.96 Å². The molecule has 0 fully saturated rings. The molecule has 0 amide bonds. The molecular weight excluding hydrogens is 365 g/mol. The molecule has 0 aromatic heterocycles. The van der Waals surface area contributed by atoms with Gasteiger partial charge in [-0.15, -0.1) is 24.0 Å². The van der Waals surface area contributed by atoms with E-state index in [9.17, 15) is 0 Å². The molecule has 20 heavy (non-hydrogen) atoms. The van der Waals surface area contributed by atoms with Gasteiger partial charge in [-0.05, 0) is 17.5 Å². The Bertz CT molecular complexity index is 396. The van der Waals surface area contributed by atoms with Crippen LogP contribution in [0.5, 0.6) is 0 Å². The van der Waals surface area contributed by atoms with Crippen molar-refractivity contribution in [1.29, 1.82) is 0 Å². The third kappa shape index (κ3) is 7.09. The third-order valence-corrected chi connectivity index (χ3v) is 2.91. The zero-order valence-electron chi connectivity index (χ0n) is 12.6. The van der Waals surface area contributed by atoms with Crippen LogP contribution in [0.15, 0.2) is 29.3 Å². The second-order valence-corrected chi connectivity index (χ2v) is 4.41. The van der Waals surface area contributed by atoms with E-state index in [1.54, 1.807) is 14.2 Å². The van der Waals surface area contributed by atoms with Crippen molar-refractivity contribution in [2.75, 3.05) is 20.7 Å². The minimum atomic E-state index is 0. The van der Waals surface area contributed by atoms with Crippen molar-refractivity contribution in [3.8, 4) is 0 Å². The molecule has 0 saturated carbocycles. The van der Waals surface area contributed by atoms with Gasteiger partial charge < -0.3 is 15.4 Å². The maximum atomic E-state index is 5.21. The van der Waals surface area contributed by atoms with E-state index < -0.39 is 0 Å². The average molecular weight is 391 g/mol.